The van der Waals surface area contributed by atoms with Crippen molar-refractivity contribution in [3.63, 3.8) is 0 Å². The lowest BCUT2D eigenvalue weighted by molar-refractivity contribution is -0.402. The van der Waals surface area contributed by atoms with Crippen LogP contribution in [-0.4, -0.2) is 17.9 Å². The molecule has 6 heteroatoms. The average Bonchev–Trinajstić information content (AvgIpc) is 2.85. The van der Waals surface area contributed by atoms with Gasteiger partial charge in [-0.2, -0.15) is 0 Å². The Bertz CT molecular complexity index is 655. The molecule has 104 valence electrons. The highest BCUT2D eigenvalue weighted by Crippen LogP contribution is 2.22. The van der Waals surface area contributed by atoms with Crippen molar-refractivity contribution in [1.29, 1.82) is 0 Å². The maximum Gasteiger partial charge on any atom is 0.433 e. The standard InChI is InChI=1S/C14H14N2O4/c1-9-6-10(2)8-11(7-9)15(3)14(17)12-4-5-13(20-12)16(18)19/h4-8H,1-3H3. The number of nitrogens with zero attached hydrogens (tertiary/aromatic N) is 2. The van der Waals surface area contributed by atoms with Gasteiger partial charge >= 0.3 is 5.88 Å². The molecule has 0 spiro atoms. The van der Waals surface area contributed by atoms with Crippen molar-refractivity contribution in [2.45, 2.75) is 13.8 Å². The van der Waals surface area contributed by atoms with Gasteiger partial charge in [-0.15, -0.1) is 0 Å². The number of carbonyl (C=O) groups is 1. The fourth-order valence-electron chi connectivity index (χ4n) is 1.97. The monoisotopic (exact) mass is 274 g/mol. The molecule has 0 fully saturated rings. The highest BCUT2D eigenvalue weighted by atomic mass is 16.6. The predicted octanol–water partition coefficient (Wildman–Crippen LogP) is 3.08. The summed E-state index contributed by atoms with van der Waals surface area (Å²) in [5.41, 5.74) is 2.78. The van der Waals surface area contributed by atoms with E-state index in [0.717, 1.165) is 11.1 Å². The molecule has 0 aliphatic rings. The Kier molecular flexibility index (Phi) is 3.56. The summed E-state index contributed by atoms with van der Waals surface area (Å²) >= 11 is 0. The topological polar surface area (TPSA) is 76.6 Å². The lowest BCUT2D eigenvalue weighted by Crippen LogP contribution is -2.25. The number of benzene rings is 1. The first-order valence-electron chi connectivity index (χ1n) is 5.99. The van der Waals surface area contributed by atoms with Crippen LogP contribution in [0.1, 0.15) is 21.7 Å². The van der Waals surface area contributed by atoms with Gasteiger partial charge in [0.15, 0.2) is 5.76 Å². The Labute approximate surface area is 115 Å². The van der Waals surface area contributed by atoms with E-state index in [1.54, 1.807) is 7.05 Å². The van der Waals surface area contributed by atoms with Crippen molar-refractivity contribution in [3.8, 4) is 0 Å². The highest BCUT2D eigenvalue weighted by molar-refractivity contribution is 6.04. The van der Waals surface area contributed by atoms with Crippen LogP contribution in [-0.2, 0) is 0 Å². The van der Waals surface area contributed by atoms with Gasteiger partial charge in [0.25, 0.3) is 5.91 Å². The number of nitro groups is 1. The van der Waals surface area contributed by atoms with E-state index in [4.69, 9.17) is 4.42 Å². The van der Waals surface area contributed by atoms with Crippen LogP contribution in [0.3, 0.4) is 0 Å². The molecule has 2 aromatic rings. The second-order valence-electron chi connectivity index (χ2n) is 4.61. The van der Waals surface area contributed by atoms with E-state index in [1.807, 2.05) is 32.0 Å². The lowest BCUT2D eigenvalue weighted by atomic mass is 10.1. The first-order chi connectivity index (χ1) is 9.38. The summed E-state index contributed by atoms with van der Waals surface area (Å²) in [4.78, 5) is 23.5. The second kappa shape index (κ2) is 5.16. The number of hydrogen-bond donors (Lipinski definition) is 0. The number of hydrogen-bond acceptors (Lipinski definition) is 4. The number of amides is 1. The number of rotatable bonds is 3. The van der Waals surface area contributed by atoms with Crippen molar-refractivity contribution in [1.82, 2.24) is 0 Å². The SMILES string of the molecule is Cc1cc(C)cc(N(C)C(=O)c2ccc([N+](=O)[O-])o2)c1. The zero-order valence-electron chi connectivity index (χ0n) is 11.4. The Morgan fingerprint density at radius 3 is 2.30 bits per heavy atom. The molecule has 0 saturated carbocycles. The van der Waals surface area contributed by atoms with Gasteiger partial charge in [-0.3, -0.25) is 14.9 Å². The van der Waals surface area contributed by atoms with Crippen LogP contribution < -0.4 is 4.90 Å². The second-order valence-corrected chi connectivity index (χ2v) is 4.61. The van der Waals surface area contributed by atoms with Gasteiger partial charge in [0, 0.05) is 12.7 Å². The smallest absolute Gasteiger partial charge is 0.395 e. The molecule has 6 nitrogen and oxygen atoms in total. The quantitative estimate of drug-likeness (QED) is 0.636. The first kappa shape index (κ1) is 13.8. The van der Waals surface area contributed by atoms with Gasteiger partial charge in [0.1, 0.15) is 4.92 Å². The van der Waals surface area contributed by atoms with Gasteiger partial charge in [0.2, 0.25) is 0 Å². The summed E-state index contributed by atoms with van der Waals surface area (Å²) < 4.78 is 4.92. The molecule has 2 rings (SSSR count). The van der Waals surface area contributed by atoms with E-state index in [9.17, 15) is 14.9 Å². The molecule has 1 aromatic carbocycles. The van der Waals surface area contributed by atoms with Crippen LogP contribution in [0.2, 0.25) is 0 Å². The fourth-order valence-corrected chi connectivity index (χ4v) is 1.97. The van der Waals surface area contributed by atoms with Crippen molar-refractivity contribution in [2.24, 2.45) is 0 Å². The van der Waals surface area contributed by atoms with Gasteiger partial charge in [-0.1, -0.05) is 6.07 Å². The third-order valence-electron chi connectivity index (χ3n) is 2.88. The van der Waals surface area contributed by atoms with Crippen LogP contribution in [0.5, 0.6) is 0 Å². The third-order valence-corrected chi connectivity index (χ3v) is 2.88. The highest BCUT2D eigenvalue weighted by Gasteiger charge is 2.21. The van der Waals surface area contributed by atoms with Crippen molar-refractivity contribution in [3.05, 3.63) is 57.3 Å². The molecule has 0 radical (unpaired) electrons. The normalized spacial score (nSPS) is 10.3. The van der Waals surface area contributed by atoms with Gasteiger partial charge in [0.05, 0.1) is 6.07 Å². The predicted molar refractivity (Wildman–Crippen MR) is 74.0 cm³/mol. The van der Waals surface area contributed by atoms with Gasteiger partial charge < -0.3 is 9.32 Å². The average molecular weight is 274 g/mol. The maximum atomic E-state index is 12.2. The van der Waals surface area contributed by atoms with Crippen LogP contribution >= 0.6 is 0 Å². The zero-order chi connectivity index (χ0) is 14.9. The number of anilines is 1. The largest absolute Gasteiger partial charge is 0.433 e. The van der Waals surface area contributed by atoms with E-state index in [-0.39, 0.29) is 5.76 Å². The molecule has 1 heterocycles. The molecule has 0 bridgehead atoms. The lowest BCUT2D eigenvalue weighted by Gasteiger charge is -2.17. The van der Waals surface area contributed by atoms with Crippen molar-refractivity contribution in [2.75, 3.05) is 11.9 Å². The van der Waals surface area contributed by atoms with E-state index in [0.29, 0.717) is 5.69 Å². The Balaban J connectivity index is 2.29. The molecular weight excluding hydrogens is 260 g/mol. The van der Waals surface area contributed by atoms with Gasteiger partial charge in [-0.05, 0) is 43.2 Å². The Morgan fingerprint density at radius 1 is 1.20 bits per heavy atom. The van der Waals surface area contributed by atoms with Crippen LogP contribution in [0.15, 0.2) is 34.7 Å². The van der Waals surface area contributed by atoms with E-state index in [1.165, 1.54) is 17.0 Å². The number of carbonyl (C=O) groups excluding carboxylic acids is 1. The Morgan fingerprint density at radius 2 is 1.80 bits per heavy atom. The van der Waals surface area contributed by atoms with E-state index in [2.05, 4.69) is 0 Å². The number of furan rings is 1. The van der Waals surface area contributed by atoms with Crippen LogP contribution in [0.4, 0.5) is 11.6 Å². The minimum Gasteiger partial charge on any atom is -0.395 e. The molecule has 20 heavy (non-hydrogen) atoms. The van der Waals surface area contributed by atoms with Crippen molar-refractivity contribution < 1.29 is 14.1 Å². The summed E-state index contributed by atoms with van der Waals surface area (Å²) in [6.45, 7) is 3.87. The third kappa shape index (κ3) is 2.69. The fraction of sp³-hybridized carbons (Fsp3) is 0.214. The summed E-state index contributed by atoms with van der Waals surface area (Å²) in [7, 11) is 1.60. The Hall–Kier alpha value is -2.63. The molecule has 0 N–H and O–H groups in total. The van der Waals surface area contributed by atoms with Crippen molar-refractivity contribution >= 4 is 17.5 Å². The van der Waals surface area contributed by atoms with E-state index < -0.39 is 16.7 Å². The molecule has 0 unspecified atom stereocenters. The molecule has 0 atom stereocenters. The maximum absolute atomic E-state index is 12.2. The summed E-state index contributed by atoms with van der Waals surface area (Å²) in [6, 6.07) is 8.20. The summed E-state index contributed by atoms with van der Waals surface area (Å²) in [6.07, 6.45) is 0. The van der Waals surface area contributed by atoms with Crippen LogP contribution in [0.25, 0.3) is 0 Å². The molecule has 0 aliphatic heterocycles. The van der Waals surface area contributed by atoms with E-state index >= 15 is 0 Å². The molecule has 1 aromatic heterocycles. The number of aryl methyl sites for hydroxylation is 2. The summed E-state index contributed by atoms with van der Waals surface area (Å²) in [5.74, 6) is -0.927. The zero-order valence-corrected chi connectivity index (χ0v) is 11.4. The van der Waals surface area contributed by atoms with Gasteiger partial charge in [-0.25, -0.2) is 0 Å². The van der Waals surface area contributed by atoms with Crippen LogP contribution in [0, 0.1) is 24.0 Å². The summed E-state index contributed by atoms with van der Waals surface area (Å²) in [5, 5.41) is 10.6. The minimum absolute atomic E-state index is 0.0571. The molecule has 1 amide bonds. The minimum atomic E-state index is -0.673. The molecular formula is C14H14N2O4. The molecule has 0 aliphatic carbocycles. The molecule has 0 saturated heterocycles. The first-order valence-corrected chi connectivity index (χ1v) is 5.99.